The Morgan fingerprint density at radius 3 is 2.48 bits per heavy atom. The number of hydrogen-bond acceptors (Lipinski definition) is 4. The molecule has 1 aromatic heterocycles. The lowest BCUT2D eigenvalue weighted by molar-refractivity contribution is -0.120. The fraction of sp³-hybridized carbons (Fsp3) is 0.389. The first kappa shape index (κ1) is 19.5. The van der Waals surface area contributed by atoms with Crippen molar-refractivity contribution in [2.75, 3.05) is 11.3 Å². The van der Waals surface area contributed by atoms with Crippen LogP contribution in [0, 0.1) is 5.92 Å². The quantitative estimate of drug-likeness (QED) is 0.652. The number of amides is 1. The molecule has 1 aromatic carbocycles. The summed E-state index contributed by atoms with van der Waals surface area (Å²) in [5.41, 5.74) is 1.33. The number of sulfonamides is 1. The highest BCUT2D eigenvalue weighted by atomic mass is 32.2. The zero-order chi connectivity index (χ0) is 18.3. The molecule has 0 saturated carbocycles. The number of hydrogen-bond donors (Lipinski definition) is 2. The minimum Gasteiger partial charge on any atom is -0.356 e. The second-order valence-corrected chi connectivity index (χ2v) is 9.15. The van der Waals surface area contributed by atoms with Crippen molar-refractivity contribution in [3.05, 3.63) is 47.3 Å². The Balaban J connectivity index is 1.84. The normalized spacial score (nSPS) is 11.5. The molecule has 25 heavy (non-hydrogen) atoms. The van der Waals surface area contributed by atoms with Gasteiger partial charge in [-0.05, 0) is 47.9 Å². The molecule has 0 unspecified atom stereocenters. The van der Waals surface area contributed by atoms with Crippen molar-refractivity contribution in [1.29, 1.82) is 0 Å². The van der Waals surface area contributed by atoms with Gasteiger partial charge in [0.2, 0.25) is 5.91 Å². The maximum atomic E-state index is 12.2. The lowest BCUT2D eigenvalue weighted by atomic mass is 10.1. The van der Waals surface area contributed by atoms with Crippen LogP contribution in [0.1, 0.15) is 32.3 Å². The predicted octanol–water partition coefficient (Wildman–Crippen LogP) is 3.64. The number of thiophene rings is 1. The van der Waals surface area contributed by atoms with Gasteiger partial charge in [0, 0.05) is 12.2 Å². The summed E-state index contributed by atoms with van der Waals surface area (Å²) in [6.45, 7) is 5.02. The minimum atomic E-state index is -3.54. The van der Waals surface area contributed by atoms with Crippen LogP contribution in [0.5, 0.6) is 0 Å². The van der Waals surface area contributed by atoms with Crippen molar-refractivity contribution >= 4 is 33.0 Å². The molecule has 1 heterocycles. The van der Waals surface area contributed by atoms with Crippen LogP contribution in [0.25, 0.3) is 0 Å². The molecule has 2 rings (SSSR count). The van der Waals surface area contributed by atoms with Gasteiger partial charge in [-0.25, -0.2) is 8.42 Å². The second-order valence-electron chi connectivity index (χ2n) is 6.30. The van der Waals surface area contributed by atoms with Gasteiger partial charge in [-0.1, -0.05) is 32.0 Å². The monoisotopic (exact) mass is 380 g/mol. The smallest absolute Gasteiger partial charge is 0.271 e. The second kappa shape index (κ2) is 9.01. The summed E-state index contributed by atoms with van der Waals surface area (Å²) in [6, 6.07) is 10.1. The van der Waals surface area contributed by atoms with Gasteiger partial charge in [0.05, 0.1) is 6.42 Å². The summed E-state index contributed by atoms with van der Waals surface area (Å²) in [6.07, 6.45) is 2.37. The molecule has 0 aliphatic carbocycles. The molecule has 0 fully saturated rings. The van der Waals surface area contributed by atoms with Crippen molar-refractivity contribution in [3.8, 4) is 0 Å². The standard InChI is InChI=1S/C18H24N2O3S2/c1-14(2)5-3-11-19-17(21)13-15-7-9-16(10-8-15)20-25(22,23)18-6-4-12-24-18/h4,6-10,12,14,20H,3,5,11,13H2,1-2H3,(H,19,21). The van der Waals surface area contributed by atoms with E-state index in [1.54, 1.807) is 41.8 Å². The van der Waals surface area contributed by atoms with Crippen LogP contribution in [0.3, 0.4) is 0 Å². The Labute approximate surface area is 153 Å². The van der Waals surface area contributed by atoms with Crippen LogP contribution in [0.15, 0.2) is 46.0 Å². The van der Waals surface area contributed by atoms with Gasteiger partial charge in [0.1, 0.15) is 4.21 Å². The number of nitrogens with one attached hydrogen (secondary N) is 2. The molecule has 5 nitrogen and oxygen atoms in total. The van der Waals surface area contributed by atoms with Gasteiger partial charge in [-0.15, -0.1) is 11.3 Å². The van der Waals surface area contributed by atoms with Crippen molar-refractivity contribution in [2.24, 2.45) is 5.92 Å². The van der Waals surface area contributed by atoms with Crippen molar-refractivity contribution < 1.29 is 13.2 Å². The third kappa shape index (κ3) is 6.51. The first-order chi connectivity index (χ1) is 11.9. The van der Waals surface area contributed by atoms with E-state index in [0.29, 0.717) is 24.6 Å². The van der Waals surface area contributed by atoms with Crippen LogP contribution in [0.2, 0.25) is 0 Å². The third-order valence-electron chi connectivity index (χ3n) is 3.61. The van der Waals surface area contributed by atoms with Gasteiger partial charge in [0.25, 0.3) is 10.0 Å². The van der Waals surface area contributed by atoms with E-state index in [2.05, 4.69) is 23.9 Å². The molecule has 0 radical (unpaired) electrons. The molecule has 2 aromatic rings. The molecule has 2 N–H and O–H groups in total. The molecular formula is C18H24N2O3S2. The van der Waals surface area contributed by atoms with Gasteiger partial charge in [0.15, 0.2) is 0 Å². The van der Waals surface area contributed by atoms with Crippen molar-refractivity contribution in [3.63, 3.8) is 0 Å². The van der Waals surface area contributed by atoms with Crippen LogP contribution >= 0.6 is 11.3 Å². The number of anilines is 1. The zero-order valence-corrected chi connectivity index (χ0v) is 16.1. The van der Waals surface area contributed by atoms with Crippen LogP contribution in [-0.4, -0.2) is 20.9 Å². The fourth-order valence-corrected chi connectivity index (χ4v) is 4.35. The summed E-state index contributed by atoms with van der Waals surface area (Å²) >= 11 is 1.17. The van der Waals surface area contributed by atoms with E-state index in [1.807, 2.05) is 0 Å². The van der Waals surface area contributed by atoms with E-state index < -0.39 is 10.0 Å². The van der Waals surface area contributed by atoms with Gasteiger partial charge in [-0.2, -0.15) is 0 Å². The molecule has 0 aliphatic heterocycles. The largest absolute Gasteiger partial charge is 0.356 e. The average molecular weight is 381 g/mol. The van der Waals surface area contributed by atoms with E-state index in [4.69, 9.17) is 0 Å². The Hall–Kier alpha value is -1.86. The van der Waals surface area contributed by atoms with Gasteiger partial charge in [-0.3, -0.25) is 9.52 Å². The number of carbonyl (C=O) groups is 1. The molecule has 7 heteroatoms. The molecular weight excluding hydrogens is 356 g/mol. The van der Waals surface area contributed by atoms with E-state index >= 15 is 0 Å². The van der Waals surface area contributed by atoms with Gasteiger partial charge >= 0.3 is 0 Å². The number of benzene rings is 1. The Bertz CT molecular complexity index is 767. The molecule has 136 valence electrons. The van der Waals surface area contributed by atoms with Crippen molar-refractivity contribution in [2.45, 2.75) is 37.3 Å². The first-order valence-corrected chi connectivity index (χ1v) is 10.6. The molecule has 0 atom stereocenters. The van der Waals surface area contributed by atoms with Crippen molar-refractivity contribution in [1.82, 2.24) is 5.32 Å². The van der Waals surface area contributed by atoms with E-state index in [9.17, 15) is 13.2 Å². The summed E-state index contributed by atoms with van der Waals surface area (Å²) in [4.78, 5) is 11.9. The van der Waals surface area contributed by atoms with Crippen LogP contribution in [-0.2, 0) is 21.2 Å². The fourth-order valence-electron chi connectivity index (χ4n) is 2.30. The summed E-state index contributed by atoms with van der Waals surface area (Å²) in [5.74, 6) is 0.623. The zero-order valence-electron chi connectivity index (χ0n) is 14.5. The molecule has 0 saturated heterocycles. The predicted molar refractivity (Wildman–Crippen MR) is 102 cm³/mol. The average Bonchev–Trinajstić information content (AvgIpc) is 3.08. The minimum absolute atomic E-state index is 0.0179. The maximum Gasteiger partial charge on any atom is 0.271 e. The molecule has 0 spiro atoms. The SMILES string of the molecule is CC(C)CCCNC(=O)Cc1ccc(NS(=O)(=O)c2cccs2)cc1. The Morgan fingerprint density at radius 1 is 1.16 bits per heavy atom. The summed E-state index contributed by atoms with van der Waals surface area (Å²) < 4.78 is 27.1. The van der Waals surface area contributed by atoms with Crippen LogP contribution < -0.4 is 10.0 Å². The van der Waals surface area contributed by atoms with Crippen LogP contribution in [0.4, 0.5) is 5.69 Å². The third-order valence-corrected chi connectivity index (χ3v) is 6.39. The summed E-state index contributed by atoms with van der Waals surface area (Å²) in [5, 5.41) is 4.63. The molecule has 0 aliphatic rings. The first-order valence-electron chi connectivity index (χ1n) is 8.29. The topological polar surface area (TPSA) is 75.3 Å². The van der Waals surface area contributed by atoms with E-state index in [-0.39, 0.29) is 10.1 Å². The molecule has 0 bridgehead atoms. The number of rotatable bonds is 9. The highest BCUT2D eigenvalue weighted by Crippen LogP contribution is 2.20. The molecule has 1 amide bonds. The summed E-state index contributed by atoms with van der Waals surface area (Å²) in [7, 11) is -3.54. The maximum absolute atomic E-state index is 12.2. The van der Waals surface area contributed by atoms with E-state index in [1.165, 1.54) is 11.3 Å². The lowest BCUT2D eigenvalue weighted by Gasteiger charge is -2.09. The highest BCUT2D eigenvalue weighted by molar-refractivity contribution is 7.94. The van der Waals surface area contributed by atoms with E-state index in [0.717, 1.165) is 18.4 Å². The highest BCUT2D eigenvalue weighted by Gasteiger charge is 2.15. The van der Waals surface area contributed by atoms with Gasteiger partial charge < -0.3 is 5.32 Å². The Morgan fingerprint density at radius 2 is 1.88 bits per heavy atom. The number of carbonyl (C=O) groups excluding carboxylic acids is 1. The Kier molecular flexibility index (Phi) is 7.01. The lowest BCUT2D eigenvalue weighted by Crippen LogP contribution is -2.26.